The number of benzene rings is 2. The molecule has 136 valence electrons. The van der Waals surface area contributed by atoms with E-state index >= 15 is 0 Å². The Morgan fingerprint density at radius 2 is 1.74 bits per heavy atom. The van der Waals surface area contributed by atoms with Crippen LogP contribution in [0.3, 0.4) is 0 Å². The van der Waals surface area contributed by atoms with Gasteiger partial charge in [0, 0.05) is 27.9 Å². The summed E-state index contributed by atoms with van der Waals surface area (Å²) in [5.74, 6) is 6.13. The smallest absolute Gasteiger partial charge is 0.283 e. The van der Waals surface area contributed by atoms with Crippen molar-refractivity contribution in [1.82, 2.24) is 15.4 Å². The molecule has 7 heteroatoms. The van der Waals surface area contributed by atoms with E-state index in [-0.39, 0.29) is 5.69 Å². The van der Waals surface area contributed by atoms with Gasteiger partial charge >= 0.3 is 0 Å². The maximum atomic E-state index is 12.2. The summed E-state index contributed by atoms with van der Waals surface area (Å²) in [7, 11) is 3.17. The van der Waals surface area contributed by atoms with Crippen molar-refractivity contribution in [2.75, 3.05) is 14.2 Å². The zero-order valence-electron chi connectivity index (χ0n) is 14.9. The quantitative estimate of drug-likeness (QED) is 0.294. The Bertz CT molecular complexity index is 1140. The molecule has 1 amide bonds. The van der Waals surface area contributed by atoms with Gasteiger partial charge in [-0.25, -0.2) is 10.8 Å². The molecule has 2 heterocycles. The van der Waals surface area contributed by atoms with Crippen molar-refractivity contribution in [1.29, 1.82) is 0 Å². The van der Waals surface area contributed by atoms with Crippen LogP contribution < -0.4 is 20.7 Å². The minimum absolute atomic E-state index is 0.228. The van der Waals surface area contributed by atoms with E-state index in [4.69, 9.17) is 15.3 Å². The number of fused-ring (bicyclic) bond motifs is 3. The second-order valence-corrected chi connectivity index (χ2v) is 6.02. The standard InChI is InChI=1S/C20H18N4O3/c1-26-12-7-11(8-13(9-12)27-2)18-19-15(10-17(23-18)20(25)24-21)14-5-3-4-6-16(14)22-19/h3-10,22H,21H2,1-2H3,(H,24,25). The molecule has 0 fully saturated rings. The van der Waals surface area contributed by atoms with Crippen molar-refractivity contribution in [2.45, 2.75) is 0 Å². The van der Waals surface area contributed by atoms with Gasteiger partial charge in [0.2, 0.25) is 0 Å². The van der Waals surface area contributed by atoms with Gasteiger partial charge in [0.1, 0.15) is 17.2 Å². The number of pyridine rings is 1. The molecule has 0 saturated heterocycles. The highest BCUT2D eigenvalue weighted by Gasteiger charge is 2.17. The number of para-hydroxylation sites is 1. The first-order valence-corrected chi connectivity index (χ1v) is 8.30. The van der Waals surface area contributed by atoms with E-state index in [1.807, 2.05) is 36.4 Å². The molecule has 0 aliphatic carbocycles. The third-order valence-electron chi connectivity index (χ3n) is 4.48. The second kappa shape index (κ2) is 6.62. The minimum atomic E-state index is -0.460. The SMILES string of the molecule is COc1cc(OC)cc(-c2nc(C(=O)NN)cc3c2[nH]c2ccccc23)c1. The number of methoxy groups -OCH3 is 2. The first-order valence-electron chi connectivity index (χ1n) is 8.30. The number of aromatic amines is 1. The molecule has 2 aromatic heterocycles. The Kier molecular flexibility index (Phi) is 4.13. The number of rotatable bonds is 4. The molecule has 0 unspecified atom stereocenters. The van der Waals surface area contributed by atoms with E-state index in [1.54, 1.807) is 26.4 Å². The number of nitrogens with zero attached hydrogens (tertiary/aromatic N) is 1. The lowest BCUT2D eigenvalue weighted by atomic mass is 10.1. The van der Waals surface area contributed by atoms with Gasteiger partial charge in [0.15, 0.2) is 0 Å². The lowest BCUT2D eigenvalue weighted by Crippen LogP contribution is -2.30. The van der Waals surface area contributed by atoms with E-state index < -0.39 is 5.91 Å². The van der Waals surface area contributed by atoms with Crippen LogP contribution >= 0.6 is 0 Å². The third kappa shape index (κ3) is 2.84. The van der Waals surface area contributed by atoms with Crippen LogP contribution in [-0.4, -0.2) is 30.1 Å². The number of H-pyrrole nitrogens is 1. The van der Waals surface area contributed by atoms with Crippen LogP contribution in [-0.2, 0) is 0 Å². The van der Waals surface area contributed by atoms with Gasteiger partial charge in [-0.2, -0.15) is 0 Å². The Balaban J connectivity index is 2.08. The molecular weight excluding hydrogens is 344 g/mol. The van der Waals surface area contributed by atoms with Crippen molar-refractivity contribution >= 4 is 27.7 Å². The summed E-state index contributed by atoms with van der Waals surface area (Å²) in [6.07, 6.45) is 0. The molecule has 4 aromatic rings. The molecule has 7 nitrogen and oxygen atoms in total. The van der Waals surface area contributed by atoms with Gasteiger partial charge in [-0.05, 0) is 24.3 Å². The molecule has 0 spiro atoms. The molecule has 0 radical (unpaired) electrons. The zero-order chi connectivity index (χ0) is 19.0. The summed E-state index contributed by atoms with van der Waals surface area (Å²) in [6, 6.07) is 15.1. The lowest BCUT2D eigenvalue weighted by molar-refractivity contribution is 0.0949. The van der Waals surface area contributed by atoms with Crippen LogP contribution in [0.4, 0.5) is 0 Å². The Hall–Kier alpha value is -3.58. The number of carbonyl (C=O) groups excluding carboxylic acids is 1. The van der Waals surface area contributed by atoms with E-state index in [1.165, 1.54) is 0 Å². The van der Waals surface area contributed by atoms with Crippen molar-refractivity contribution in [3.8, 4) is 22.8 Å². The second-order valence-electron chi connectivity index (χ2n) is 6.02. The maximum Gasteiger partial charge on any atom is 0.283 e. The first kappa shape index (κ1) is 16.9. The summed E-state index contributed by atoms with van der Waals surface area (Å²) < 4.78 is 10.7. The van der Waals surface area contributed by atoms with Crippen LogP contribution in [0.2, 0.25) is 0 Å². The number of hydrogen-bond donors (Lipinski definition) is 3. The van der Waals surface area contributed by atoms with Gasteiger partial charge in [-0.15, -0.1) is 0 Å². The van der Waals surface area contributed by atoms with E-state index in [9.17, 15) is 4.79 Å². The van der Waals surface area contributed by atoms with E-state index in [0.717, 1.165) is 27.4 Å². The van der Waals surface area contributed by atoms with Crippen LogP contribution in [0.5, 0.6) is 11.5 Å². The van der Waals surface area contributed by atoms with Gasteiger partial charge in [0.25, 0.3) is 5.91 Å². The van der Waals surface area contributed by atoms with Gasteiger partial charge in [-0.1, -0.05) is 18.2 Å². The maximum absolute atomic E-state index is 12.2. The van der Waals surface area contributed by atoms with Gasteiger partial charge in [0.05, 0.1) is 25.4 Å². The third-order valence-corrected chi connectivity index (χ3v) is 4.48. The van der Waals surface area contributed by atoms with Gasteiger partial charge in [-0.3, -0.25) is 10.2 Å². The number of hydrogen-bond acceptors (Lipinski definition) is 5. The number of nitrogens with two attached hydrogens (primary N) is 1. The number of hydrazine groups is 1. The number of ether oxygens (including phenoxy) is 2. The number of nitrogens with one attached hydrogen (secondary N) is 2. The van der Waals surface area contributed by atoms with Crippen LogP contribution in [0, 0.1) is 0 Å². The molecule has 0 bridgehead atoms. The summed E-state index contributed by atoms with van der Waals surface area (Å²) in [4.78, 5) is 20.1. The largest absolute Gasteiger partial charge is 0.497 e. The first-order chi connectivity index (χ1) is 13.1. The van der Waals surface area contributed by atoms with Crippen molar-refractivity contribution in [2.24, 2.45) is 5.84 Å². The minimum Gasteiger partial charge on any atom is -0.497 e. The summed E-state index contributed by atoms with van der Waals surface area (Å²) >= 11 is 0. The average molecular weight is 362 g/mol. The predicted octanol–water partition coefficient (Wildman–Crippen LogP) is 3.00. The van der Waals surface area contributed by atoms with Crippen molar-refractivity contribution in [3.05, 3.63) is 54.2 Å². The highest BCUT2D eigenvalue weighted by molar-refractivity contribution is 6.13. The molecule has 0 saturated carbocycles. The molecule has 0 aliphatic rings. The number of amides is 1. The summed E-state index contributed by atoms with van der Waals surface area (Å²) in [5, 5.41) is 1.88. The topological polar surface area (TPSA) is 102 Å². The fraction of sp³-hybridized carbons (Fsp3) is 0.100. The average Bonchev–Trinajstić information content (AvgIpc) is 3.10. The van der Waals surface area contributed by atoms with E-state index in [0.29, 0.717) is 17.2 Å². The molecule has 4 rings (SSSR count). The Labute approximate surface area is 155 Å². The molecular formula is C20H18N4O3. The Morgan fingerprint density at radius 3 is 2.41 bits per heavy atom. The van der Waals surface area contributed by atoms with Crippen molar-refractivity contribution < 1.29 is 14.3 Å². The highest BCUT2D eigenvalue weighted by atomic mass is 16.5. The molecule has 2 aromatic carbocycles. The summed E-state index contributed by atoms with van der Waals surface area (Å²) in [5.41, 5.74) is 5.52. The van der Waals surface area contributed by atoms with Gasteiger partial charge < -0.3 is 14.5 Å². The predicted molar refractivity (Wildman–Crippen MR) is 104 cm³/mol. The highest BCUT2D eigenvalue weighted by Crippen LogP contribution is 2.35. The van der Waals surface area contributed by atoms with E-state index in [2.05, 4.69) is 15.4 Å². The zero-order valence-corrected chi connectivity index (χ0v) is 14.9. The van der Waals surface area contributed by atoms with Crippen LogP contribution in [0.15, 0.2) is 48.5 Å². The molecule has 0 aliphatic heterocycles. The lowest BCUT2D eigenvalue weighted by Gasteiger charge is -2.10. The van der Waals surface area contributed by atoms with Crippen LogP contribution in [0.25, 0.3) is 33.1 Å². The number of aromatic nitrogens is 2. The number of carbonyl (C=O) groups is 1. The molecule has 27 heavy (non-hydrogen) atoms. The fourth-order valence-electron chi connectivity index (χ4n) is 3.19. The monoisotopic (exact) mass is 362 g/mol. The normalized spacial score (nSPS) is 10.9. The van der Waals surface area contributed by atoms with Crippen LogP contribution in [0.1, 0.15) is 10.5 Å². The summed E-state index contributed by atoms with van der Waals surface area (Å²) in [6.45, 7) is 0. The Morgan fingerprint density at radius 1 is 1.04 bits per heavy atom. The molecule has 0 atom stereocenters. The molecule has 4 N–H and O–H groups in total. The number of nitrogen functional groups attached to an aromatic ring is 1. The van der Waals surface area contributed by atoms with Crippen molar-refractivity contribution in [3.63, 3.8) is 0 Å². The fourth-order valence-corrected chi connectivity index (χ4v) is 3.19.